The summed E-state index contributed by atoms with van der Waals surface area (Å²) in [5, 5.41) is 8.91. The number of aliphatic hydroxyl groups is 1. The highest BCUT2D eigenvalue weighted by Gasteiger charge is 2.37. The van der Waals surface area contributed by atoms with Crippen LogP contribution in [0.5, 0.6) is 0 Å². The van der Waals surface area contributed by atoms with Gasteiger partial charge in [-0.15, -0.1) is 0 Å². The molecule has 0 aromatic rings. The highest BCUT2D eigenvalue weighted by Crippen LogP contribution is 2.38. The van der Waals surface area contributed by atoms with Gasteiger partial charge in [0.2, 0.25) is 0 Å². The molecule has 0 heterocycles. The molecule has 0 amide bonds. The van der Waals surface area contributed by atoms with Crippen molar-refractivity contribution in [3.8, 4) is 0 Å². The summed E-state index contributed by atoms with van der Waals surface area (Å²) in [7, 11) is 0. The second-order valence-electron chi connectivity index (χ2n) is 7.56. The van der Waals surface area contributed by atoms with Crippen LogP contribution < -0.4 is 0 Å². The lowest BCUT2D eigenvalue weighted by molar-refractivity contribution is -0.155. The van der Waals surface area contributed by atoms with Crippen molar-refractivity contribution in [3.05, 3.63) is 12.7 Å². The molecule has 0 aromatic heterocycles. The van der Waals surface area contributed by atoms with Gasteiger partial charge in [-0.25, -0.2) is 4.79 Å². The summed E-state index contributed by atoms with van der Waals surface area (Å²) < 4.78 is 11.4. The van der Waals surface area contributed by atoms with Crippen LogP contribution in [0.4, 0.5) is 0 Å². The second-order valence-corrected chi connectivity index (χ2v) is 7.56. The zero-order chi connectivity index (χ0) is 17.4. The minimum Gasteiger partial charge on any atom is -0.456 e. The minimum atomic E-state index is -0.567. The van der Waals surface area contributed by atoms with E-state index in [-0.39, 0.29) is 17.6 Å². The minimum absolute atomic E-state index is 0.00407. The average Bonchev–Trinajstić information content (AvgIpc) is 2.37. The maximum absolute atomic E-state index is 11.3. The number of hydrogen-bond donors (Lipinski definition) is 1. The smallest absolute Gasteiger partial charge is 0.330 e. The van der Waals surface area contributed by atoms with E-state index in [1.54, 1.807) is 0 Å². The average molecular weight is 314 g/mol. The van der Waals surface area contributed by atoms with E-state index in [0.717, 1.165) is 19.3 Å². The van der Waals surface area contributed by atoms with E-state index in [4.69, 9.17) is 14.6 Å². The lowest BCUT2D eigenvalue weighted by atomic mass is 9.73. The van der Waals surface area contributed by atoms with Crippen molar-refractivity contribution in [2.24, 2.45) is 5.41 Å². The Morgan fingerprint density at radius 3 is 2.18 bits per heavy atom. The number of unbranched alkanes of at least 4 members (excludes halogenated alkanes) is 1. The van der Waals surface area contributed by atoms with Crippen LogP contribution in [0.1, 0.15) is 67.2 Å². The van der Waals surface area contributed by atoms with Gasteiger partial charge in [-0.3, -0.25) is 0 Å². The van der Waals surface area contributed by atoms with Gasteiger partial charge < -0.3 is 14.6 Å². The van der Waals surface area contributed by atoms with E-state index < -0.39 is 11.6 Å². The standard InChI is InChI=1S/C18H34O4/c1-8-15(20)22-17(4,5)12-14-21-18(6,7)16(2,3)11-9-10-13-19/h8,19H,1,9-14H2,2-7H3. The number of carbonyl (C=O) groups is 1. The Morgan fingerprint density at radius 1 is 1.09 bits per heavy atom. The Kier molecular flexibility index (Phi) is 8.34. The molecule has 1 N–H and O–H groups in total. The Morgan fingerprint density at radius 2 is 1.68 bits per heavy atom. The van der Waals surface area contributed by atoms with Crippen LogP contribution in [0.3, 0.4) is 0 Å². The van der Waals surface area contributed by atoms with Gasteiger partial charge in [0.05, 0.1) is 12.2 Å². The molecule has 0 aliphatic rings. The van der Waals surface area contributed by atoms with E-state index in [1.807, 2.05) is 13.8 Å². The van der Waals surface area contributed by atoms with Gasteiger partial charge in [0.1, 0.15) is 5.60 Å². The summed E-state index contributed by atoms with van der Waals surface area (Å²) >= 11 is 0. The lowest BCUT2D eigenvalue weighted by Gasteiger charge is -2.42. The van der Waals surface area contributed by atoms with Crippen molar-refractivity contribution in [1.82, 2.24) is 0 Å². The summed E-state index contributed by atoms with van der Waals surface area (Å²) in [6, 6.07) is 0. The molecule has 0 bridgehead atoms. The number of hydrogen-bond acceptors (Lipinski definition) is 4. The molecule has 0 spiro atoms. The van der Waals surface area contributed by atoms with Gasteiger partial charge >= 0.3 is 5.97 Å². The summed E-state index contributed by atoms with van der Waals surface area (Å²) in [5.74, 6) is -0.409. The molecule has 0 aliphatic heterocycles. The molecule has 0 aliphatic carbocycles. The zero-order valence-corrected chi connectivity index (χ0v) is 15.2. The van der Waals surface area contributed by atoms with Crippen molar-refractivity contribution in [3.63, 3.8) is 0 Å². The molecular weight excluding hydrogens is 280 g/mol. The Hall–Kier alpha value is -0.870. The van der Waals surface area contributed by atoms with Crippen molar-refractivity contribution >= 4 is 5.97 Å². The number of esters is 1. The van der Waals surface area contributed by atoms with Crippen LogP contribution in [-0.2, 0) is 14.3 Å². The normalized spacial score (nSPS) is 13.0. The number of aliphatic hydroxyl groups excluding tert-OH is 1. The van der Waals surface area contributed by atoms with Gasteiger partial charge in [-0.05, 0) is 46.0 Å². The van der Waals surface area contributed by atoms with Crippen molar-refractivity contribution in [1.29, 1.82) is 0 Å². The fourth-order valence-electron chi connectivity index (χ4n) is 2.09. The van der Waals surface area contributed by atoms with Gasteiger partial charge in [0.25, 0.3) is 0 Å². The Bertz CT molecular complexity index is 356. The molecule has 0 saturated heterocycles. The van der Waals surface area contributed by atoms with E-state index >= 15 is 0 Å². The van der Waals surface area contributed by atoms with Crippen LogP contribution in [0.2, 0.25) is 0 Å². The largest absolute Gasteiger partial charge is 0.456 e. The number of rotatable bonds is 11. The van der Waals surface area contributed by atoms with E-state index in [2.05, 4.69) is 34.3 Å². The molecule has 0 rings (SSSR count). The first-order valence-corrected chi connectivity index (χ1v) is 8.08. The molecule has 0 unspecified atom stereocenters. The van der Waals surface area contributed by atoms with E-state index in [1.165, 1.54) is 6.08 Å². The van der Waals surface area contributed by atoms with E-state index in [0.29, 0.717) is 13.0 Å². The molecule has 0 atom stereocenters. The number of carbonyl (C=O) groups excluding carboxylic acids is 1. The third-order valence-corrected chi connectivity index (χ3v) is 4.55. The van der Waals surface area contributed by atoms with Crippen molar-refractivity contribution in [2.75, 3.05) is 13.2 Å². The quantitative estimate of drug-likeness (QED) is 0.357. The number of ether oxygens (including phenoxy) is 2. The SMILES string of the molecule is C=CC(=O)OC(C)(C)CCOC(C)(C)C(C)(C)CCCCO. The fraction of sp³-hybridized carbons (Fsp3) is 0.833. The highest BCUT2D eigenvalue weighted by molar-refractivity contribution is 5.81. The fourth-order valence-corrected chi connectivity index (χ4v) is 2.09. The summed E-state index contributed by atoms with van der Waals surface area (Å²) in [4.78, 5) is 11.3. The summed E-state index contributed by atoms with van der Waals surface area (Å²) in [6.07, 6.45) is 4.61. The lowest BCUT2D eigenvalue weighted by Crippen LogP contribution is -2.43. The van der Waals surface area contributed by atoms with Crippen LogP contribution in [0.25, 0.3) is 0 Å². The molecule has 22 heavy (non-hydrogen) atoms. The van der Waals surface area contributed by atoms with E-state index in [9.17, 15) is 4.79 Å². The Labute approximate surface area is 135 Å². The molecule has 4 heteroatoms. The molecule has 130 valence electrons. The predicted octanol–water partition coefficient (Wildman–Crippen LogP) is 3.87. The molecule has 4 nitrogen and oxygen atoms in total. The summed E-state index contributed by atoms with van der Waals surface area (Å²) in [5.41, 5.74) is -0.854. The third kappa shape index (κ3) is 7.41. The molecule has 0 fully saturated rings. The van der Waals surface area contributed by atoms with Gasteiger partial charge in [-0.1, -0.05) is 26.8 Å². The van der Waals surface area contributed by atoms with Gasteiger partial charge in [0.15, 0.2) is 0 Å². The predicted molar refractivity (Wildman–Crippen MR) is 89.7 cm³/mol. The Balaban J connectivity index is 4.41. The molecule has 0 saturated carbocycles. The first-order chi connectivity index (χ1) is 9.97. The van der Waals surface area contributed by atoms with Crippen LogP contribution in [-0.4, -0.2) is 35.5 Å². The molecule has 0 radical (unpaired) electrons. The first kappa shape index (κ1) is 21.1. The first-order valence-electron chi connectivity index (χ1n) is 8.08. The maximum Gasteiger partial charge on any atom is 0.330 e. The van der Waals surface area contributed by atoms with Gasteiger partial charge in [0, 0.05) is 19.1 Å². The van der Waals surface area contributed by atoms with Crippen LogP contribution in [0.15, 0.2) is 12.7 Å². The second kappa shape index (κ2) is 8.68. The summed E-state index contributed by atoms with van der Waals surface area (Å²) in [6.45, 7) is 16.5. The molecule has 0 aromatic carbocycles. The highest BCUT2D eigenvalue weighted by atomic mass is 16.6. The zero-order valence-electron chi connectivity index (χ0n) is 15.2. The van der Waals surface area contributed by atoms with Gasteiger partial charge in [-0.2, -0.15) is 0 Å². The third-order valence-electron chi connectivity index (χ3n) is 4.55. The van der Waals surface area contributed by atoms with Crippen LogP contribution >= 0.6 is 0 Å². The topological polar surface area (TPSA) is 55.8 Å². The van der Waals surface area contributed by atoms with Crippen molar-refractivity contribution in [2.45, 2.75) is 78.4 Å². The van der Waals surface area contributed by atoms with Crippen molar-refractivity contribution < 1.29 is 19.4 Å². The molecular formula is C18H34O4. The maximum atomic E-state index is 11.3. The van der Waals surface area contributed by atoms with Crippen LogP contribution in [0, 0.1) is 5.41 Å². The monoisotopic (exact) mass is 314 g/mol.